The molecule has 0 aliphatic heterocycles. The van der Waals surface area contributed by atoms with E-state index in [1.54, 1.807) is 0 Å². The fourth-order valence-electron chi connectivity index (χ4n) is 3.81. The Labute approximate surface area is 201 Å². The molecule has 32 heavy (non-hydrogen) atoms. The first-order valence-corrected chi connectivity index (χ1v) is 12.0. The number of amides is 1. The summed E-state index contributed by atoms with van der Waals surface area (Å²) < 4.78 is 3.18. The highest BCUT2D eigenvalue weighted by Gasteiger charge is 2.12. The molecular formula is C26H25BrClN3O. The van der Waals surface area contributed by atoms with Crippen molar-refractivity contribution in [2.45, 2.75) is 32.2 Å². The Kier molecular flexibility index (Phi) is 7.61. The predicted molar refractivity (Wildman–Crippen MR) is 134 cm³/mol. The first-order valence-electron chi connectivity index (χ1n) is 10.8. The molecule has 0 spiro atoms. The van der Waals surface area contributed by atoms with Crippen LogP contribution in [0.25, 0.3) is 11.0 Å². The maximum absolute atomic E-state index is 12.2. The van der Waals surface area contributed by atoms with E-state index in [0.717, 1.165) is 57.6 Å². The average molecular weight is 511 g/mol. The Hall–Kier alpha value is -2.63. The number of imidazole rings is 1. The molecule has 0 bridgehead atoms. The monoisotopic (exact) mass is 509 g/mol. The summed E-state index contributed by atoms with van der Waals surface area (Å²) in [7, 11) is 0. The predicted octanol–water partition coefficient (Wildman–Crippen LogP) is 6.64. The van der Waals surface area contributed by atoms with Gasteiger partial charge in [-0.3, -0.25) is 4.79 Å². The number of nitrogens with zero attached hydrogens (tertiary/aromatic N) is 2. The highest BCUT2D eigenvalue weighted by Crippen LogP contribution is 2.23. The van der Waals surface area contributed by atoms with Crippen molar-refractivity contribution in [3.8, 4) is 0 Å². The number of carbonyl (C=O) groups excluding carboxylic acids is 1. The minimum Gasteiger partial charge on any atom is -0.352 e. The maximum atomic E-state index is 12.2. The van der Waals surface area contributed by atoms with Gasteiger partial charge in [0.2, 0.25) is 0 Å². The number of benzene rings is 3. The first-order chi connectivity index (χ1) is 15.6. The van der Waals surface area contributed by atoms with E-state index in [2.05, 4.69) is 44.0 Å². The molecule has 0 aliphatic rings. The number of nitrogens with one attached hydrogen (secondary N) is 1. The van der Waals surface area contributed by atoms with E-state index < -0.39 is 0 Å². The highest BCUT2D eigenvalue weighted by molar-refractivity contribution is 9.10. The smallest absolute Gasteiger partial charge is 0.251 e. The SMILES string of the molecule is O=C(NCCCCCc1nc2ccccc2n1Cc1ccccc1Cl)c1cccc(Br)c1. The fraction of sp³-hybridized carbons (Fsp3) is 0.231. The van der Waals surface area contributed by atoms with Crippen molar-refractivity contribution in [2.24, 2.45) is 0 Å². The second-order valence-electron chi connectivity index (χ2n) is 7.77. The van der Waals surface area contributed by atoms with Gasteiger partial charge in [-0.05, 0) is 54.8 Å². The lowest BCUT2D eigenvalue weighted by molar-refractivity contribution is 0.0953. The summed E-state index contributed by atoms with van der Waals surface area (Å²) in [5.41, 5.74) is 3.90. The minimum atomic E-state index is -0.0344. The van der Waals surface area contributed by atoms with Gasteiger partial charge in [-0.1, -0.05) is 70.3 Å². The van der Waals surface area contributed by atoms with E-state index >= 15 is 0 Å². The van der Waals surface area contributed by atoms with Gasteiger partial charge in [0.25, 0.3) is 5.91 Å². The van der Waals surface area contributed by atoms with Crippen LogP contribution in [0.4, 0.5) is 0 Å². The van der Waals surface area contributed by atoms with Crippen LogP contribution in [-0.2, 0) is 13.0 Å². The van der Waals surface area contributed by atoms with Crippen molar-refractivity contribution >= 4 is 44.5 Å². The summed E-state index contributed by atoms with van der Waals surface area (Å²) in [5.74, 6) is 1.04. The number of carbonyl (C=O) groups is 1. The normalized spacial score (nSPS) is 11.1. The van der Waals surface area contributed by atoms with Crippen LogP contribution in [0.15, 0.2) is 77.3 Å². The number of para-hydroxylation sites is 2. The van der Waals surface area contributed by atoms with Crippen molar-refractivity contribution in [2.75, 3.05) is 6.54 Å². The Bertz CT molecular complexity index is 1220. The summed E-state index contributed by atoms with van der Waals surface area (Å²) in [6.07, 6.45) is 3.86. The van der Waals surface area contributed by atoms with E-state index in [4.69, 9.17) is 16.6 Å². The van der Waals surface area contributed by atoms with Gasteiger partial charge >= 0.3 is 0 Å². The highest BCUT2D eigenvalue weighted by atomic mass is 79.9. The molecule has 0 aliphatic carbocycles. The van der Waals surface area contributed by atoms with Crippen molar-refractivity contribution in [1.29, 1.82) is 0 Å². The summed E-state index contributed by atoms with van der Waals surface area (Å²) in [6, 6.07) is 23.6. The molecule has 6 heteroatoms. The van der Waals surface area contributed by atoms with Gasteiger partial charge < -0.3 is 9.88 Å². The number of halogens is 2. The molecule has 0 atom stereocenters. The van der Waals surface area contributed by atoms with Crippen molar-refractivity contribution in [3.05, 3.63) is 99.2 Å². The molecule has 1 aromatic heterocycles. The van der Waals surface area contributed by atoms with Gasteiger partial charge in [0.05, 0.1) is 17.6 Å². The number of aryl methyl sites for hydroxylation is 1. The van der Waals surface area contributed by atoms with Gasteiger partial charge in [-0.2, -0.15) is 0 Å². The molecule has 164 valence electrons. The average Bonchev–Trinajstić information content (AvgIpc) is 3.14. The second-order valence-corrected chi connectivity index (χ2v) is 9.09. The van der Waals surface area contributed by atoms with Crippen LogP contribution >= 0.6 is 27.5 Å². The lowest BCUT2D eigenvalue weighted by Gasteiger charge is -2.11. The van der Waals surface area contributed by atoms with E-state index in [0.29, 0.717) is 18.7 Å². The third-order valence-electron chi connectivity index (χ3n) is 5.47. The molecule has 4 rings (SSSR count). The van der Waals surface area contributed by atoms with Crippen LogP contribution in [0.2, 0.25) is 5.02 Å². The van der Waals surface area contributed by atoms with Gasteiger partial charge in [0.15, 0.2) is 0 Å². The first kappa shape index (κ1) is 22.6. The molecule has 0 fully saturated rings. The number of aromatic nitrogens is 2. The molecule has 1 N–H and O–H groups in total. The molecule has 0 saturated carbocycles. The standard InChI is InChI=1S/C26H25BrClN3O/c27-21-11-8-10-19(17-21)26(32)29-16-7-1-2-15-25-30-23-13-5-6-14-24(23)31(25)18-20-9-3-4-12-22(20)28/h3-6,8-14,17H,1-2,7,15-16,18H2,(H,29,32). The summed E-state index contributed by atoms with van der Waals surface area (Å²) in [6.45, 7) is 1.37. The Balaban J connectivity index is 1.33. The molecule has 1 heterocycles. The van der Waals surface area contributed by atoms with Crippen LogP contribution < -0.4 is 5.32 Å². The van der Waals surface area contributed by atoms with Crippen molar-refractivity contribution < 1.29 is 4.79 Å². The zero-order chi connectivity index (χ0) is 22.3. The van der Waals surface area contributed by atoms with Gasteiger partial charge in [0.1, 0.15) is 5.82 Å². The van der Waals surface area contributed by atoms with E-state index in [-0.39, 0.29) is 5.91 Å². The van der Waals surface area contributed by atoms with Gasteiger partial charge in [-0.15, -0.1) is 0 Å². The second kappa shape index (κ2) is 10.8. The third-order valence-corrected chi connectivity index (χ3v) is 6.33. The maximum Gasteiger partial charge on any atom is 0.251 e. The third kappa shape index (κ3) is 5.59. The van der Waals surface area contributed by atoms with Crippen molar-refractivity contribution in [3.63, 3.8) is 0 Å². The van der Waals surface area contributed by atoms with Crippen LogP contribution in [0.3, 0.4) is 0 Å². The zero-order valence-corrected chi connectivity index (χ0v) is 20.1. The van der Waals surface area contributed by atoms with Crippen LogP contribution in [0, 0.1) is 0 Å². The summed E-state index contributed by atoms with van der Waals surface area (Å²) in [4.78, 5) is 17.1. The lowest BCUT2D eigenvalue weighted by Crippen LogP contribution is -2.24. The molecule has 3 aromatic carbocycles. The number of hydrogen-bond acceptors (Lipinski definition) is 2. The molecule has 0 saturated heterocycles. The fourth-order valence-corrected chi connectivity index (χ4v) is 4.40. The van der Waals surface area contributed by atoms with E-state index in [1.807, 2.05) is 54.6 Å². The molecular weight excluding hydrogens is 486 g/mol. The molecule has 0 unspecified atom stereocenters. The zero-order valence-electron chi connectivity index (χ0n) is 17.7. The van der Waals surface area contributed by atoms with Crippen LogP contribution in [0.5, 0.6) is 0 Å². The number of rotatable bonds is 9. The number of fused-ring (bicyclic) bond motifs is 1. The van der Waals surface area contributed by atoms with Crippen molar-refractivity contribution in [1.82, 2.24) is 14.9 Å². The largest absolute Gasteiger partial charge is 0.352 e. The molecule has 1 amide bonds. The van der Waals surface area contributed by atoms with Gasteiger partial charge in [-0.25, -0.2) is 4.98 Å². The Morgan fingerprint density at radius 1 is 0.969 bits per heavy atom. The van der Waals surface area contributed by atoms with E-state index in [1.165, 1.54) is 0 Å². The van der Waals surface area contributed by atoms with Crippen LogP contribution in [0.1, 0.15) is 41.0 Å². The lowest BCUT2D eigenvalue weighted by atomic mass is 10.1. The summed E-state index contributed by atoms with van der Waals surface area (Å²) >= 11 is 9.82. The Morgan fingerprint density at radius 2 is 1.78 bits per heavy atom. The topological polar surface area (TPSA) is 46.9 Å². The molecule has 4 nitrogen and oxygen atoms in total. The quantitative estimate of drug-likeness (QED) is 0.256. The Morgan fingerprint density at radius 3 is 2.62 bits per heavy atom. The summed E-state index contributed by atoms with van der Waals surface area (Å²) in [5, 5.41) is 3.78. The van der Waals surface area contributed by atoms with Crippen LogP contribution in [-0.4, -0.2) is 22.0 Å². The van der Waals surface area contributed by atoms with Gasteiger partial charge in [0, 0.05) is 28.0 Å². The van der Waals surface area contributed by atoms with E-state index in [9.17, 15) is 4.79 Å². The minimum absolute atomic E-state index is 0.0344. The number of unbranched alkanes of at least 4 members (excludes halogenated alkanes) is 2. The molecule has 4 aromatic rings. The number of hydrogen-bond donors (Lipinski definition) is 1. The molecule has 0 radical (unpaired) electrons.